The molecule has 0 saturated heterocycles. The van der Waals surface area contributed by atoms with Crippen molar-refractivity contribution in [3.05, 3.63) is 187 Å². The van der Waals surface area contributed by atoms with Crippen molar-refractivity contribution in [2.24, 2.45) is 0 Å². The van der Waals surface area contributed by atoms with Crippen molar-refractivity contribution < 1.29 is 0 Å². The highest BCUT2D eigenvalue weighted by Crippen LogP contribution is 2.37. The zero-order valence-electron chi connectivity index (χ0n) is 34.0. The minimum atomic E-state index is 0.407. The summed E-state index contributed by atoms with van der Waals surface area (Å²) < 4.78 is 4.46. The largest absolute Gasteiger partial charge is 0.292 e. The van der Waals surface area contributed by atoms with Crippen LogP contribution in [0.2, 0.25) is 0 Å². The number of rotatable bonds is 9. The Morgan fingerprint density at radius 1 is 0.333 bits per heavy atom. The number of aromatic nitrogens is 7. The number of fused-ring (bicyclic) bond motifs is 2. The lowest BCUT2D eigenvalue weighted by Crippen LogP contribution is -2.03. The lowest BCUT2D eigenvalue weighted by Gasteiger charge is -2.15. The third-order valence-electron chi connectivity index (χ3n) is 11.2. The molecule has 0 spiro atoms. The molecule has 0 aliphatic carbocycles. The predicted molar refractivity (Wildman–Crippen MR) is 244 cm³/mol. The third-order valence-corrected chi connectivity index (χ3v) is 11.2. The summed E-state index contributed by atoms with van der Waals surface area (Å²) in [7, 11) is 0. The van der Waals surface area contributed by atoms with Crippen LogP contribution in [0.25, 0.3) is 90.4 Å². The predicted octanol–water partition coefficient (Wildman–Crippen LogP) is 13.1. The van der Waals surface area contributed by atoms with E-state index in [0.717, 1.165) is 72.9 Å². The van der Waals surface area contributed by atoms with E-state index in [2.05, 4.69) is 188 Å². The number of para-hydroxylation sites is 6. The number of hydrogen-bond donors (Lipinski definition) is 0. The molecular weight excluding hydrogens is 735 g/mol. The maximum Gasteiger partial charge on any atom is 0.164 e. The average molecular weight is 778 g/mol. The van der Waals surface area contributed by atoms with Crippen LogP contribution in [0.4, 0.5) is 0 Å². The van der Waals surface area contributed by atoms with Crippen molar-refractivity contribution >= 4 is 22.1 Å². The fourth-order valence-corrected chi connectivity index (χ4v) is 7.93. The van der Waals surface area contributed by atoms with Gasteiger partial charge in [0, 0.05) is 39.2 Å². The van der Waals surface area contributed by atoms with Crippen LogP contribution in [0.5, 0.6) is 0 Å². The van der Waals surface area contributed by atoms with Crippen molar-refractivity contribution in [2.75, 3.05) is 0 Å². The molecule has 60 heavy (non-hydrogen) atoms. The topological polar surface area (TPSA) is 74.3 Å². The van der Waals surface area contributed by atoms with Crippen LogP contribution >= 0.6 is 0 Å². The van der Waals surface area contributed by atoms with Gasteiger partial charge in [-0.15, -0.1) is 0 Å². The Morgan fingerprint density at radius 3 is 1.08 bits per heavy atom. The van der Waals surface area contributed by atoms with E-state index < -0.39 is 0 Å². The molecule has 3 heterocycles. The first kappa shape index (κ1) is 36.8. The van der Waals surface area contributed by atoms with Gasteiger partial charge >= 0.3 is 0 Å². The molecule has 7 nitrogen and oxygen atoms in total. The summed E-state index contributed by atoms with van der Waals surface area (Å²) in [6, 6.07) is 61.1. The second-order valence-electron chi connectivity index (χ2n) is 15.8. The minimum Gasteiger partial charge on any atom is -0.292 e. The van der Waals surface area contributed by atoms with E-state index in [9.17, 15) is 0 Å². The van der Waals surface area contributed by atoms with Crippen LogP contribution in [-0.4, -0.2) is 34.1 Å². The fourth-order valence-electron chi connectivity index (χ4n) is 7.93. The van der Waals surface area contributed by atoms with E-state index in [4.69, 9.17) is 24.9 Å². The highest BCUT2D eigenvalue weighted by molar-refractivity contribution is 5.88. The van der Waals surface area contributed by atoms with E-state index in [1.165, 1.54) is 11.1 Å². The highest BCUT2D eigenvalue weighted by Gasteiger charge is 2.22. The van der Waals surface area contributed by atoms with Gasteiger partial charge in [0.05, 0.1) is 22.1 Å². The van der Waals surface area contributed by atoms with Gasteiger partial charge < -0.3 is 0 Å². The molecule has 0 fully saturated rings. The normalized spacial score (nSPS) is 11.6. The Balaban J connectivity index is 1.26. The third kappa shape index (κ3) is 6.84. The first-order chi connectivity index (χ1) is 29.4. The molecule has 0 bridgehead atoms. The van der Waals surface area contributed by atoms with Crippen LogP contribution in [0, 0.1) is 0 Å². The maximum absolute atomic E-state index is 5.31. The summed E-state index contributed by atoms with van der Waals surface area (Å²) in [6.45, 7) is 8.82. The molecular formula is C53H43N7. The van der Waals surface area contributed by atoms with Gasteiger partial charge in [-0.3, -0.25) is 9.13 Å². The zero-order valence-corrected chi connectivity index (χ0v) is 34.0. The lowest BCUT2D eigenvalue weighted by molar-refractivity contribution is 0.866. The summed E-state index contributed by atoms with van der Waals surface area (Å²) in [6.07, 6.45) is 0. The molecule has 0 N–H and O–H groups in total. The van der Waals surface area contributed by atoms with Gasteiger partial charge in [0.15, 0.2) is 17.5 Å². The molecule has 0 amide bonds. The SMILES string of the molecule is CC(C)c1ccc(-c2nc(-c3ccc(C(C)C)cc3)nc(-c3cc(-c4nc5ccccc5n4-c4ccccc4)cc(-c4nc5ccccc5n4-c4ccccc4)c3)n2)cc1. The van der Waals surface area contributed by atoms with Gasteiger partial charge in [0.2, 0.25) is 0 Å². The van der Waals surface area contributed by atoms with Gasteiger partial charge in [0.25, 0.3) is 0 Å². The van der Waals surface area contributed by atoms with Gasteiger partial charge in [-0.05, 0) is 89.7 Å². The Morgan fingerprint density at radius 2 is 0.683 bits per heavy atom. The Labute approximate surface area is 349 Å². The number of nitrogens with zero attached hydrogens (tertiary/aromatic N) is 7. The smallest absolute Gasteiger partial charge is 0.164 e. The molecule has 0 aliphatic heterocycles. The Kier molecular flexibility index (Phi) is 9.41. The second kappa shape index (κ2) is 15.3. The first-order valence-electron chi connectivity index (χ1n) is 20.6. The number of benzene rings is 7. The van der Waals surface area contributed by atoms with Gasteiger partial charge in [-0.25, -0.2) is 24.9 Å². The van der Waals surface area contributed by atoms with Crippen molar-refractivity contribution in [3.63, 3.8) is 0 Å². The van der Waals surface area contributed by atoms with Gasteiger partial charge in [-0.2, -0.15) is 0 Å². The Bertz CT molecular complexity index is 2920. The van der Waals surface area contributed by atoms with Crippen LogP contribution < -0.4 is 0 Å². The summed E-state index contributed by atoms with van der Waals surface area (Å²) in [5, 5.41) is 0. The first-order valence-corrected chi connectivity index (χ1v) is 20.6. The van der Waals surface area contributed by atoms with Crippen molar-refractivity contribution in [1.29, 1.82) is 0 Å². The summed E-state index contributed by atoms with van der Waals surface area (Å²) in [4.78, 5) is 26.3. The molecule has 10 aromatic rings. The lowest BCUT2D eigenvalue weighted by atomic mass is 10.0. The van der Waals surface area contributed by atoms with E-state index in [1.54, 1.807) is 0 Å². The average Bonchev–Trinajstić information content (AvgIpc) is 3.89. The van der Waals surface area contributed by atoms with Crippen LogP contribution in [0.3, 0.4) is 0 Å². The van der Waals surface area contributed by atoms with Gasteiger partial charge in [0.1, 0.15) is 11.6 Å². The van der Waals surface area contributed by atoms with E-state index >= 15 is 0 Å². The minimum absolute atomic E-state index is 0.407. The van der Waals surface area contributed by atoms with E-state index in [0.29, 0.717) is 29.3 Å². The molecule has 0 unspecified atom stereocenters. The molecule has 0 aliphatic rings. The molecule has 7 heteroatoms. The maximum atomic E-state index is 5.31. The highest BCUT2D eigenvalue weighted by atomic mass is 15.1. The molecule has 3 aromatic heterocycles. The molecule has 0 radical (unpaired) electrons. The Hall–Kier alpha value is -7.51. The van der Waals surface area contributed by atoms with Crippen molar-refractivity contribution in [2.45, 2.75) is 39.5 Å². The van der Waals surface area contributed by atoms with Crippen LogP contribution in [-0.2, 0) is 0 Å². The van der Waals surface area contributed by atoms with Crippen molar-refractivity contribution in [1.82, 2.24) is 34.1 Å². The van der Waals surface area contributed by atoms with Crippen LogP contribution in [0.15, 0.2) is 176 Å². The molecule has 290 valence electrons. The summed E-state index contributed by atoms with van der Waals surface area (Å²) >= 11 is 0. The quantitative estimate of drug-likeness (QED) is 0.146. The van der Waals surface area contributed by atoms with E-state index in [1.807, 2.05) is 24.3 Å². The standard InChI is InChI=1S/C53H43N7/c1-34(2)36-23-27-38(28-24-36)49-56-50(39-29-25-37(26-30-39)35(3)4)58-51(57-49)40-31-41(52-54-45-19-11-13-21-47(45)59(52)43-15-7-5-8-16-43)33-42(32-40)53-55-46-20-12-14-22-48(46)60(53)44-17-9-6-10-18-44/h5-35H,1-4H3. The number of imidazole rings is 2. The number of hydrogen-bond acceptors (Lipinski definition) is 5. The molecule has 0 atom stereocenters. The van der Waals surface area contributed by atoms with Crippen molar-refractivity contribution in [3.8, 4) is 68.3 Å². The van der Waals surface area contributed by atoms with Crippen LogP contribution in [0.1, 0.15) is 50.7 Å². The zero-order chi connectivity index (χ0) is 40.7. The summed E-state index contributed by atoms with van der Waals surface area (Å²) in [5.41, 5.74) is 12.9. The second-order valence-corrected chi connectivity index (χ2v) is 15.8. The van der Waals surface area contributed by atoms with E-state index in [-0.39, 0.29) is 0 Å². The monoisotopic (exact) mass is 777 g/mol. The summed E-state index contributed by atoms with van der Waals surface area (Å²) in [5.74, 6) is 4.20. The van der Waals surface area contributed by atoms with Gasteiger partial charge in [-0.1, -0.05) is 137 Å². The molecule has 7 aromatic carbocycles. The fraction of sp³-hybridized carbons (Fsp3) is 0.113. The molecule has 0 saturated carbocycles. The molecule has 10 rings (SSSR count).